The van der Waals surface area contributed by atoms with Crippen molar-refractivity contribution in [3.63, 3.8) is 0 Å². The fourth-order valence-corrected chi connectivity index (χ4v) is 1.76. The number of esters is 1. The zero-order valence-corrected chi connectivity index (χ0v) is 12.2. The van der Waals surface area contributed by atoms with Crippen molar-refractivity contribution in [2.75, 3.05) is 13.7 Å². The fraction of sp³-hybridized carbons (Fsp3) is 0.176. The summed E-state index contributed by atoms with van der Waals surface area (Å²) >= 11 is 0. The molecule has 0 fully saturated rings. The monoisotopic (exact) mass is 300 g/mol. The molecule has 0 saturated heterocycles. The molecule has 5 nitrogen and oxygen atoms in total. The third-order valence-electron chi connectivity index (χ3n) is 2.93. The highest BCUT2D eigenvalue weighted by atomic mass is 16.6. The molecular weight excluding hydrogens is 284 g/mol. The van der Waals surface area contributed by atoms with Gasteiger partial charge < -0.3 is 14.2 Å². The van der Waals surface area contributed by atoms with Gasteiger partial charge in [-0.3, -0.25) is 4.79 Å². The first-order valence-corrected chi connectivity index (χ1v) is 6.68. The van der Waals surface area contributed by atoms with E-state index in [4.69, 9.17) is 9.47 Å². The van der Waals surface area contributed by atoms with Gasteiger partial charge in [-0.1, -0.05) is 30.3 Å². The van der Waals surface area contributed by atoms with Crippen LogP contribution in [0.25, 0.3) is 0 Å². The summed E-state index contributed by atoms with van der Waals surface area (Å²) in [5.41, 5.74) is 1.37. The summed E-state index contributed by atoms with van der Waals surface area (Å²) in [7, 11) is 1.27. The standard InChI is InChI=1S/C17H16O5/c1-20-17(19)12-22-16-9-15(8-7-14(16)10-18)21-11-13-5-3-2-4-6-13/h2-10H,11-12H2,1H3. The number of ether oxygens (including phenoxy) is 3. The van der Waals surface area contributed by atoms with Crippen molar-refractivity contribution in [1.29, 1.82) is 0 Å². The van der Waals surface area contributed by atoms with Crippen LogP contribution in [-0.4, -0.2) is 26.0 Å². The molecule has 0 N–H and O–H groups in total. The predicted molar refractivity (Wildman–Crippen MR) is 80.1 cm³/mol. The Kier molecular flexibility index (Phi) is 5.54. The first kappa shape index (κ1) is 15.6. The first-order chi connectivity index (χ1) is 10.7. The van der Waals surface area contributed by atoms with E-state index in [1.165, 1.54) is 7.11 Å². The molecule has 2 rings (SSSR count). The van der Waals surface area contributed by atoms with Gasteiger partial charge in [0.1, 0.15) is 18.1 Å². The topological polar surface area (TPSA) is 61.8 Å². The van der Waals surface area contributed by atoms with E-state index in [1.54, 1.807) is 18.2 Å². The zero-order chi connectivity index (χ0) is 15.8. The molecule has 114 valence electrons. The molecule has 5 heteroatoms. The van der Waals surface area contributed by atoms with Crippen molar-refractivity contribution >= 4 is 12.3 Å². The molecule has 0 aliphatic rings. The summed E-state index contributed by atoms with van der Waals surface area (Å²) in [5, 5.41) is 0. The highest BCUT2D eigenvalue weighted by Gasteiger charge is 2.08. The number of carbonyl (C=O) groups excluding carboxylic acids is 2. The third-order valence-corrected chi connectivity index (χ3v) is 2.93. The highest BCUT2D eigenvalue weighted by Crippen LogP contribution is 2.24. The van der Waals surface area contributed by atoms with Gasteiger partial charge in [0.15, 0.2) is 12.9 Å². The lowest BCUT2D eigenvalue weighted by molar-refractivity contribution is -0.142. The molecule has 0 aromatic heterocycles. The molecule has 0 atom stereocenters. The molecule has 0 spiro atoms. The highest BCUT2D eigenvalue weighted by molar-refractivity contribution is 5.80. The molecule has 0 saturated carbocycles. The minimum absolute atomic E-state index is 0.264. The van der Waals surface area contributed by atoms with Crippen LogP contribution in [0.2, 0.25) is 0 Å². The summed E-state index contributed by atoms with van der Waals surface area (Å²) in [5.74, 6) is 0.313. The van der Waals surface area contributed by atoms with E-state index in [9.17, 15) is 9.59 Å². The number of hydrogen-bond acceptors (Lipinski definition) is 5. The van der Waals surface area contributed by atoms with Crippen LogP contribution in [0.3, 0.4) is 0 Å². The summed E-state index contributed by atoms with van der Waals surface area (Å²) in [6.45, 7) is 0.136. The van der Waals surface area contributed by atoms with Gasteiger partial charge in [0, 0.05) is 6.07 Å². The fourth-order valence-electron chi connectivity index (χ4n) is 1.76. The minimum Gasteiger partial charge on any atom is -0.489 e. The van der Waals surface area contributed by atoms with Gasteiger partial charge >= 0.3 is 5.97 Å². The number of carbonyl (C=O) groups is 2. The van der Waals surface area contributed by atoms with Gasteiger partial charge in [-0.05, 0) is 17.7 Å². The first-order valence-electron chi connectivity index (χ1n) is 6.68. The van der Waals surface area contributed by atoms with E-state index in [0.29, 0.717) is 24.2 Å². The summed E-state index contributed by atoms with van der Waals surface area (Å²) in [4.78, 5) is 22.1. The van der Waals surface area contributed by atoms with Gasteiger partial charge in [0.2, 0.25) is 0 Å². The molecule has 0 aliphatic heterocycles. The van der Waals surface area contributed by atoms with Gasteiger partial charge in [0.05, 0.1) is 12.7 Å². The number of hydrogen-bond donors (Lipinski definition) is 0. The molecule has 22 heavy (non-hydrogen) atoms. The average Bonchev–Trinajstić information content (AvgIpc) is 2.58. The summed E-state index contributed by atoms with van der Waals surface area (Å²) in [6.07, 6.45) is 0.660. The van der Waals surface area contributed by atoms with Gasteiger partial charge in [0.25, 0.3) is 0 Å². The Balaban J connectivity index is 2.05. The van der Waals surface area contributed by atoms with Crippen LogP contribution in [0.5, 0.6) is 11.5 Å². The quantitative estimate of drug-likeness (QED) is 0.581. The van der Waals surface area contributed by atoms with Gasteiger partial charge in [-0.15, -0.1) is 0 Å². The minimum atomic E-state index is -0.521. The Morgan fingerprint density at radius 3 is 2.55 bits per heavy atom. The average molecular weight is 300 g/mol. The second-order valence-electron chi connectivity index (χ2n) is 4.46. The molecule has 2 aromatic rings. The van der Waals surface area contributed by atoms with Gasteiger partial charge in [-0.25, -0.2) is 4.79 Å². The maximum atomic E-state index is 11.1. The second-order valence-corrected chi connectivity index (χ2v) is 4.46. The lowest BCUT2D eigenvalue weighted by atomic mass is 10.2. The maximum Gasteiger partial charge on any atom is 0.343 e. The Morgan fingerprint density at radius 1 is 1.09 bits per heavy atom. The SMILES string of the molecule is COC(=O)COc1cc(OCc2ccccc2)ccc1C=O. The molecule has 0 aliphatic carbocycles. The summed E-state index contributed by atoms with van der Waals surface area (Å²) in [6, 6.07) is 14.5. The van der Waals surface area contributed by atoms with E-state index in [0.717, 1.165) is 5.56 Å². The van der Waals surface area contributed by atoms with Crippen LogP contribution in [-0.2, 0) is 16.1 Å². The molecule has 0 unspecified atom stereocenters. The Morgan fingerprint density at radius 2 is 1.86 bits per heavy atom. The Bertz CT molecular complexity index is 637. The molecule has 0 amide bonds. The Hall–Kier alpha value is -2.82. The number of rotatable bonds is 7. The van der Waals surface area contributed by atoms with E-state index in [2.05, 4.69) is 4.74 Å². The van der Waals surface area contributed by atoms with Crippen molar-refractivity contribution < 1.29 is 23.8 Å². The van der Waals surface area contributed by atoms with Crippen LogP contribution in [0.15, 0.2) is 48.5 Å². The van der Waals surface area contributed by atoms with Crippen molar-refractivity contribution in [3.8, 4) is 11.5 Å². The van der Waals surface area contributed by atoms with Crippen LogP contribution in [0, 0.1) is 0 Å². The third kappa shape index (κ3) is 4.34. The van der Waals surface area contributed by atoms with Crippen molar-refractivity contribution in [1.82, 2.24) is 0 Å². The Labute approximate surface area is 128 Å². The van der Waals surface area contributed by atoms with E-state index in [-0.39, 0.29) is 12.4 Å². The van der Waals surface area contributed by atoms with Crippen molar-refractivity contribution in [2.24, 2.45) is 0 Å². The largest absolute Gasteiger partial charge is 0.489 e. The lowest BCUT2D eigenvalue weighted by Gasteiger charge is -2.11. The number of methoxy groups -OCH3 is 1. The van der Waals surface area contributed by atoms with E-state index >= 15 is 0 Å². The van der Waals surface area contributed by atoms with Crippen LogP contribution in [0.4, 0.5) is 0 Å². The number of benzene rings is 2. The van der Waals surface area contributed by atoms with Gasteiger partial charge in [-0.2, -0.15) is 0 Å². The van der Waals surface area contributed by atoms with E-state index < -0.39 is 5.97 Å². The summed E-state index contributed by atoms with van der Waals surface area (Å²) < 4.78 is 15.4. The van der Waals surface area contributed by atoms with Crippen molar-refractivity contribution in [3.05, 3.63) is 59.7 Å². The van der Waals surface area contributed by atoms with Crippen LogP contribution < -0.4 is 9.47 Å². The normalized spacial score (nSPS) is 9.86. The molecule has 0 radical (unpaired) electrons. The molecule has 2 aromatic carbocycles. The smallest absolute Gasteiger partial charge is 0.343 e. The lowest BCUT2D eigenvalue weighted by Crippen LogP contribution is -2.13. The molecule has 0 heterocycles. The molecular formula is C17H16O5. The number of aldehydes is 1. The second kappa shape index (κ2) is 7.83. The van der Waals surface area contributed by atoms with Crippen LogP contribution >= 0.6 is 0 Å². The maximum absolute atomic E-state index is 11.1. The molecule has 0 bridgehead atoms. The van der Waals surface area contributed by atoms with Crippen LogP contribution in [0.1, 0.15) is 15.9 Å². The zero-order valence-electron chi connectivity index (χ0n) is 12.2. The van der Waals surface area contributed by atoms with E-state index in [1.807, 2.05) is 30.3 Å². The van der Waals surface area contributed by atoms with Crippen molar-refractivity contribution in [2.45, 2.75) is 6.61 Å². The predicted octanol–water partition coefficient (Wildman–Crippen LogP) is 2.63.